The van der Waals surface area contributed by atoms with E-state index in [1.54, 1.807) is 24.5 Å². The molecular formula is C26H22Cl2N4O. The third-order valence-electron chi connectivity index (χ3n) is 6.05. The second-order valence-electron chi connectivity index (χ2n) is 8.13. The highest BCUT2D eigenvalue weighted by Gasteiger charge is 2.24. The number of anilines is 1. The number of nitrogens with zero attached hydrogens (tertiary/aromatic N) is 3. The number of carbonyl (C=O) groups excluding carboxylic acids is 1. The molecule has 0 unspecified atom stereocenters. The van der Waals surface area contributed by atoms with Crippen molar-refractivity contribution in [2.75, 3.05) is 18.0 Å². The summed E-state index contributed by atoms with van der Waals surface area (Å²) >= 11 is 12.2. The van der Waals surface area contributed by atoms with Crippen molar-refractivity contribution in [1.82, 2.24) is 15.3 Å². The zero-order chi connectivity index (χ0) is 22.8. The fourth-order valence-electron chi connectivity index (χ4n) is 4.28. The first-order valence-electron chi connectivity index (χ1n) is 10.9. The first-order chi connectivity index (χ1) is 16.1. The predicted molar refractivity (Wildman–Crippen MR) is 134 cm³/mol. The molecule has 0 spiro atoms. The van der Waals surface area contributed by atoms with E-state index in [-0.39, 0.29) is 17.0 Å². The minimum Gasteiger partial charge on any atom is -0.356 e. The number of hydrogen-bond donors (Lipinski definition) is 1. The quantitative estimate of drug-likeness (QED) is 0.392. The topological polar surface area (TPSA) is 58.1 Å². The van der Waals surface area contributed by atoms with Crippen LogP contribution in [0.3, 0.4) is 0 Å². The van der Waals surface area contributed by atoms with Crippen molar-refractivity contribution in [2.45, 2.75) is 18.9 Å². The van der Waals surface area contributed by atoms with Crippen molar-refractivity contribution in [3.63, 3.8) is 0 Å². The SMILES string of the molecule is O=C(NC1CCN(c2ncnc3cc(-c4ccccc4)ccc23)CC1)c1cccc(Cl)c1Cl. The molecule has 0 aliphatic carbocycles. The second-order valence-corrected chi connectivity index (χ2v) is 8.92. The molecule has 0 atom stereocenters. The maximum absolute atomic E-state index is 12.7. The molecule has 2 heterocycles. The third-order valence-corrected chi connectivity index (χ3v) is 6.87. The lowest BCUT2D eigenvalue weighted by Crippen LogP contribution is -2.45. The molecule has 166 valence electrons. The minimum atomic E-state index is -0.193. The Bertz CT molecular complexity index is 1300. The minimum absolute atomic E-state index is 0.0709. The maximum atomic E-state index is 12.7. The summed E-state index contributed by atoms with van der Waals surface area (Å²) in [5, 5.41) is 4.80. The fraction of sp³-hybridized carbons (Fsp3) is 0.192. The summed E-state index contributed by atoms with van der Waals surface area (Å²) < 4.78 is 0. The largest absolute Gasteiger partial charge is 0.356 e. The number of amides is 1. The molecule has 5 rings (SSSR count). The van der Waals surface area contributed by atoms with E-state index in [9.17, 15) is 4.79 Å². The number of hydrogen-bond acceptors (Lipinski definition) is 4. The Labute approximate surface area is 202 Å². The van der Waals surface area contributed by atoms with E-state index in [1.165, 1.54) is 0 Å². The monoisotopic (exact) mass is 476 g/mol. The van der Waals surface area contributed by atoms with Crippen LogP contribution in [0.2, 0.25) is 10.0 Å². The number of aromatic nitrogens is 2. The van der Waals surface area contributed by atoms with Gasteiger partial charge in [0.2, 0.25) is 0 Å². The molecule has 1 aliphatic heterocycles. The smallest absolute Gasteiger partial charge is 0.253 e. The van der Waals surface area contributed by atoms with Gasteiger partial charge in [0.1, 0.15) is 12.1 Å². The zero-order valence-corrected chi connectivity index (χ0v) is 19.4. The van der Waals surface area contributed by atoms with E-state index in [0.717, 1.165) is 53.8 Å². The average molecular weight is 477 g/mol. The molecule has 7 heteroatoms. The Kier molecular flexibility index (Phi) is 6.16. The van der Waals surface area contributed by atoms with Gasteiger partial charge in [0.05, 0.1) is 21.1 Å². The molecule has 5 nitrogen and oxygen atoms in total. The van der Waals surface area contributed by atoms with Crippen LogP contribution in [0, 0.1) is 0 Å². The van der Waals surface area contributed by atoms with E-state index in [4.69, 9.17) is 23.2 Å². The number of nitrogens with one attached hydrogen (secondary N) is 1. The lowest BCUT2D eigenvalue weighted by Gasteiger charge is -2.33. The van der Waals surface area contributed by atoms with E-state index in [2.05, 4.69) is 50.5 Å². The number of carbonyl (C=O) groups is 1. The molecular weight excluding hydrogens is 455 g/mol. The average Bonchev–Trinajstić information content (AvgIpc) is 2.86. The van der Waals surface area contributed by atoms with E-state index in [0.29, 0.717) is 10.6 Å². The number of piperidine rings is 1. The van der Waals surface area contributed by atoms with Gasteiger partial charge in [0.25, 0.3) is 5.91 Å². The predicted octanol–water partition coefficient (Wildman–Crippen LogP) is 6.00. The summed E-state index contributed by atoms with van der Waals surface area (Å²) in [6.45, 7) is 1.58. The Morgan fingerprint density at radius 1 is 0.909 bits per heavy atom. The molecule has 3 aromatic carbocycles. The van der Waals surface area contributed by atoms with Gasteiger partial charge >= 0.3 is 0 Å². The molecule has 0 bridgehead atoms. The van der Waals surface area contributed by atoms with Crippen molar-refractivity contribution < 1.29 is 4.79 Å². The van der Waals surface area contributed by atoms with Gasteiger partial charge < -0.3 is 10.2 Å². The summed E-state index contributed by atoms with van der Waals surface area (Å²) in [5.74, 6) is 0.740. The standard InChI is InChI=1S/C26H22Cl2N4O/c27-22-8-4-7-21(24(22)28)26(33)31-19-11-13-32(14-12-19)25-20-10-9-18(15-23(20)29-16-30-25)17-5-2-1-3-6-17/h1-10,15-16,19H,11-14H2,(H,31,33). The van der Waals surface area contributed by atoms with Crippen molar-refractivity contribution >= 4 is 45.8 Å². The third kappa shape index (κ3) is 4.52. The maximum Gasteiger partial charge on any atom is 0.253 e. The molecule has 1 aromatic heterocycles. The van der Waals surface area contributed by atoms with E-state index >= 15 is 0 Å². The molecule has 1 aliphatic rings. The lowest BCUT2D eigenvalue weighted by atomic mass is 10.0. The summed E-state index contributed by atoms with van der Waals surface area (Å²) in [6, 6.07) is 21.8. The first-order valence-corrected chi connectivity index (χ1v) is 11.7. The molecule has 1 amide bonds. The molecule has 0 saturated carbocycles. The number of fused-ring (bicyclic) bond motifs is 1. The van der Waals surface area contributed by atoms with Crippen LogP contribution < -0.4 is 10.2 Å². The second kappa shape index (κ2) is 9.38. The van der Waals surface area contributed by atoms with Crippen LogP contribution in [0.15, 0.2) is 73.1 Å². The highest BCUT2D eigenvalue weighted by Crippen LogP contribution is 2.30. The number of rotatable bonds is 4. The summed E-state index contributed by atoms with van der Waals surface area (Å²) in [5.41, 5.74) is 3.62. The Morgan fingerprint density at radius 3 is 2.48 bits per heavy atom. The molecule has 4 aromatic rings. The Hall–Kier alpha value is -3.15. The van der Waals surface area contributed by atoms with Crippen LogP contribution in [0.1, 0.15) is 23.2 Å². The summed E-state index contributed by atoms with van der Waals surface area (Å²) in [7, 11) is 0. The summed E-state index contributed by atoms with van der Waals surface area (Å²) in [6.07, 6.45) is 3.26. The van der Waals surface area contributed by atoms with Crippen molar-refractivity contribution in [3.05, 3.63) is 88.7 Å². The molecule has 0 radical (unpaired) electrons. The summed E-state index contributed by atoms with van der Waals surface area (Å²) in [4.78, 5) is 24.0. The molecule has 1 fully saturated rings. The van der Waals surface area contributed by atoms with E-state index < -0.39 is 0 Å². The van der Waals surface area contributed by atoms with Crippen LogP contribution in [-0.4, -0.2) is 35.0 Å². The van der Waals surface area contributed by atoms with Crippen molar-refractivity contribution in [1.29, 1.82) is 0 Å². The van der Waals surface area contributed by atoms with E-state index in [1.807, 2.05) is 18.2 Å². The van der Waals surface area contributed by atoms with Gasteiger partial charge in [-0.15, -0.1) is 0 Å². The van der Waals surface area contributed by atoms with Crippen LogP contribution in [-0.2, 0) is 0 Å². The van der Waals surface area contributed by atoms with Crippen molar-refractivity contribution in [3.8, 4) is 11.1 Å². The Balaban J connectivity index is 1.29. The lowest BCUT2D eigenvalue weighted by molar-refractivity contribution is 0.0931. The number of benzene rings is 3. The van der Waals surface area contributed by atoms with Gasteiger partial charge in [0.15, 0.2) is 0 Å². The zero-order valence-electron chi connectivity index (χ0n) is 17.8. The van der Waals surface area contributed by atoms with Gasteiger partial charge in [-0.25, -0.2) is 9.97 Å². The Morgan fingerprint density at radius 2 is 1.70 bits per heavy atom. The molecule has 33 heavy (non-hydrogen) atoms. The number of halogens is 2. The van der Waals surface area contributed by atoms with Gasteiger partial charge in [-0.05, 0) is 48.2 Å². The van der Waals surface area contributed by atoms with Crippen LogP contribution in [0.4, 0.5) is 5.82 Å². The van der Waals surface area contributed by atoms with Crippen LogP contribution >= 0.6 is 23.2 Å². The van der Waals surface area contributed by atoms with Gasteiger partial charge in [-0.3, -0.25) is 4.79 Å². The van der Waals surface area contributed by atoms with Crippen molar-refractivity contribution in [2.24, 2.45) is 0 Å². The highest BCUT2D eigenvalue weighted by molar-refractivity contribution is 6.43. The normalized spacial score (nSPS) is 14.4. The van der Waals surface area contributed by atoms with Gasteiger partial charge in [-0.2, -0.15) is 0 Å². The highest BCUT2D eigenvalue weighted by atomic mass is 35.5. The molecule has 1 saturated heterocycles. The van der Waals surface area contributed by atoms with Gasteiger partial charge in [-0.1, -0.05) is 65.7 Å². The first kappa shape index (κ1) is 21.7. The molecule has 1 N–H and O–H groups in total. The van der Waals surface area contributed by atoms with Crippen LogP contribution in [0.5, 0.6) is 0 Å². The van der Waals surface area contributed by atoms with Crippen LogP contribution in [0.25, 0.3) is 22.0 Å². The van der Waals surface area contributed by atoms with Gasteiger partial charge in [0, 0.05) is 24.5 Å². The fourth-order valence-corrected chi connectivity index (χ4v) is 4.67.